The number of aldehydes is 1. The van der Waals surface area contributed by atoms with Gasteiger partial charge in [0.1, 0.15) is 6.29 Å². The SMILES string of the molecule is O=C[C@H]1[C@H](c2ccc3c(c2)OCO3)[C@@H]1S(=O)(=O)c1ccccc1. The molecule has 1 aliphatic heterocycles. The molecule has 23 heavy (non-hydrogen) atoms. The molecule has 2 aromatic carbocycles. The maximum absolute atomic E-state index is 12.8. The standard InChI is InChI=1S/C17H14O5S/c18-9-13-16(11-6-7-14-15(8-11)22-10-21-14)17(13)23(19,20)12-4-2-1-3-5-12/h1-9,13,16-17H,10H2/t13-,16-,17+/m0/s1. The van der Waals surface area contributed by atoms with Gasteiger partial charge in [0, 0.05) is 11.8 Å². The van der Waals surface area contributed by atoms with Gasteiger partial charge in [0.15, 0.2) is 21.3 Å². The molecule has 0 amide bonds. The topological polar surface area (TPSA) is 69.7 Å². The van der Waals surface area contributed by atoms with E-state index < -0.39 is 21.0 Å². The summed E-state index contributed by atoms with van der Waals surface area (Å²) < 4.78 is 36.1. The van der Waals surface area contributed by atoms with E-state index in [-0.39, 0.29) is 17.6 Å². The maximum atomic E-state index is 12.8. The normalized spacial score (nSPS) is 25.1. The Morgan fingerprint density at radius 3 is 2.48 bits per heavy atom. The van der Waals surface area contributed by atoms with Crippen LogP contribution < -0.4 is 9.47 Å². The van der Waals surface area contributed by atoms with Crippen molar-refractivity contribution in [3.8, 4) is 11.5 Å². The molecule has 0 aromatic heterocycles. The molecule has 0 radical (unpaired) electrons. The minimum absolute atomic E-state index is 0.159. The summed E-state index contributed by atoms with van der Waals surface area (Å²) in [5, 5.41) is -0.720. The van der Waals surface area contributed by atoms with E-state index in [1.54, 1.807) is 48.5 Å². The first kappa shape index (κ1) is 14.3. The third kappa shape index (κ3) is 2.21. The lowest BCUT2D eigenvalue weighted by Gasteiger charge is -2.04. The van der Waals surface area contributed by atoms with Gasteiger partial charge in [-0.25, -0.2) is 8.42 Å². The van der Waals surface area contributed by atoms with Gasteiger partial charge in [-0.1, -0.05) is 24.3 Å². The van der Waals surface area contributed by atoms with Crippen molar-refractivity contribution in [3.63, 3.8) is 0 Å². The van der Waals surface area contributed by atoms with Gasteiger partial charge in [0.05, 0.1) is 10.1 Å². The minimum Gasteiger partial charge on any atom is -0.454 e. The molecule has 1 saturated carbocycles. The summed E-state index contributed by atoms with van der Waals surface area (Å²) in [4.78, 5) is 11.6. The van der Waals surface area contributed by atoms with Crippen LogP contribution in [0, 0.1) is 5.92 Å². The highest BCUT2D eigenvalue weighted by Gasteiger charge is 2.59. The predicted molar refractivity (Wildman–Crippen MR) is 82.3 cm³/mol. The number of ether oxygens (including phenoxy) is 2. The first-order chi connectivity index (χ1) is 11.1. The van der Waals surface area contributed by atoms with Crippen molar-refractivity contribution in [1.29, 1.82) is 0 Å². The summed E-state index contributed by atoms with van der Waals surface area (Å²) in [5.74, 6) is 0.363. The van der Waals surface area contributed by atoms with Crippen LogP contribution in [0.25, 0.3) is 0 Å². The monoisotopic (exact) mass is 330 g/mol. The third-order valence-electron chi connectivity index (χ3n) is 4.38. The van der Waals surface area contributed by atoms with E-state index in [4.69, 9.17) is 9.47 Å². The van der Waals surface area contributed by atoms with Crippen LogP contribution in [0.2, 0.25) is 0 Å². The van der Waals surface area contributed by atoms with E-state index >= 15 is 0 Å². The van der Waals surface area contributed by atoms with Crippen molar-refractivity contribution in [3.05, 3.63) is 54.1 Å². The average Bonchev–Trinajstić information content (AvgIpc) is 3.15. The van der Waals surface area contributed by atoms with E-state index in [0.717, 1.165) is 11.8 Å². The molecule has 4 rings (SSSR count). The van der Waals surface area contributed by atoms with Crippen LogP contribution in [-0.4, -0.2) is 26.7 Å². The Morgan fingerprint density at radius 2 is 1.74 bits per heavy atom. The number of hydrogen-bond acceptors (Lipinski definition) is 5. The van der Waals surface area contributed by atoms with Crippen molar-refractivity contribution >= 4 is 16.1 Å². The van der Waals surface area contributed by atoms with E-state index in [2.05, 4.69) is 0 Å². The van der Waals surface area contributed by atoms with Crippen LogP contribution in [-0.2, 0) is 14.6 Å². The van der Waals surface area contributed by atoms with Gasteiger partial charge in [0.25, 0.3) is 0 Å². The molecule has 1 heterocycles. The second-order valence-electron chi connectivity index (χ2n) is 5.67. The number of benzene rings is 2. The van der Waals surface area contributed by atoms with Crippen molar-refractivity contribution in [2.24, 2.45) is 5.92 Å². The highest BCUT2D eigenvalue weighted by Crippen LogP contribution is 2.54. The summed E-state index contributed by atoms with van der Waals surface area (Å²) in [5.41, 5.74) is 0.788. The minimum atomic E-state index is -3.54. The summed E-state index contributed by atoms with van der Waals surface area (Å²) in [7, 11) is -3.54. The van der Waals surface area contributed by atoms with Gasteiger partial charge >= 0.3 is 0 Å². The van der Waals surface area contributed by atoms with E-state index in [9.17, 15) is 13.2 Å². The number of rotatable bonds is 4. The van der Waals surface area contributed by atoms with Gasteiger partial charge in [-0.2, -0.15) is 0 Å². The average molecular weight is 330 g/mol. The molecule has 0 N–H and O–H groups in total. The highest BCUT2D eigenvalue weighted by atomic mass is 32.2. The second kappa shape index (κ2) is 5.09. The summed E-state index contributed by atoms with van der Waals surface area (Å²) in [6, 6.07) is 13.6. The van der Waals surface area contributed by atoms with E-state index in [1.165, 1.54) is 0 Å². The number of sulfone groups is 1. The molecule has 1 fully saturated rings. The molecule has 1 aliphatic carbocycles. The van der Waals surface area contributed by atoms with E-state index in [0.29, 0.717) is 11.5 Å². The number of hydrogen-bond donors (Lipinski definition) is 0. The number of fused-ring (bicyclic) bond motifs is 1. The Morgan fingerprint density at radius 1 is 1.00 bits per heavy atom. The van der Waals surface area contributed by atoms with Crippen LogP contribution >= 0.6 is 0 Å². The third-order valence-corrected chi connectivity index (χ3v) is 6.63. The lowest BCUT2D eigenvalue weighted by molar-refractivity contribution is -0.108. The largest absolute Gasteiger partial charge is 0.454 e. The Hall–Kier alpha value is -2.34. The zero-order chi connectivity index (χ0) is 16.0. The number of carbonyl (C=O) groups excluding carboxylic acids is 1. The fraction of sp³-hybridized carbons (Fsp3) is 0.235. The molecule has 0 spiro atoms. The van der Waals surface area contributed by atoms with Gasteiger partial charge in [-0.3, -0.25) is 0 Å². The first-order valence-electron chi connectivity index (χ1n) is 7.27. The highest BCUT2D eigenvalue weighted by molar-refractivity contribution is 7.92. The Labute approximate surface area is 133 Å². The van der Waals surface area contributed by atoms with Crippen molar-refractivity contribution in [2.75, 3.05) is 6.79 Å². The number of carbonyl (C=O) groups is 1. The van der Waals surface area contributed by atoms with Crippen molar-refractivity contribution in [1.82, 2.24) is 0 Å². The molecule has 0 saturated heterocycles. The fourth-order valence-electron chi connectivity index (χ4n) is 3.17. The first-order valence-corrected chi connectivity index (χ1v) is 8.81. The van der Waals surface area contributed by atoms with Crippen LogP contribution in [0.5, 0.6) is 11.5 Å². The van der Waals surface area contributed by atoms with E-state index in [1.807, 2.05) is 0 Å². The van der Waals surface area contributed by atoms with Crippen LogP contribution in [0.15, 0.2) is 53.4 Å². The molecule has 2 aromatic rings. The molecule has 0 bridgehead atoms. The zero-order valence-electron chi connectivity index (χ0n) is 12.1. The fourth-order valence-corrected chi connectivity index (χ4v) is 5.30. The molecular weight excluding hydrogens is 316 g/mol. The lowest BCUT2D eigenvalue weighted by Crippen LogP contribution is -2.10. The second-order valence-corrected chi connectivity index (χ2v) is 7.78. The van der Waals surface area contributed by atoms with Crippen LogP contribution in [0.3, 0.4) is 0 Å². The zero-order valence-corrected chi connectivity index (χ0v) is 12.9. The quantitative estimate of drug-likeness (QED) is 0.804. The Kier molecular flexibility index (Phi) is 3.16. The van der Waals surface area contributed by atoms with Crippen LogP contribution in [0.1, 0.15) is 11.5 Å². The van der Waals surface area contributed by atoms with Gasteiger partial charge in [-0.15, -0.1) is 0 Å². The van der Waals surface area contributed by atoms with Crippen molar-refractivity contribution in [2.45, 2.75) is 16.1 Å². The van der Waals surface area contributed by atoms with Gasteiger partial charge < -0.3 is 14.3 Å². The smallest absolute Gasteiger partial charge is 0.231 e. The molecule has 3 atom stereocenters. The van der Waals surface area contributed by atoms with Crippen molar-refractivity contribution < 1.29 is 22.7 Å². The maximum Gasteiger partial charge on any atom is 0.231 e. The molecular formula is C17H14O5S. The molecule has 118 valence electrons. The Balaban J connectivity index is 1.70. The van der Waals surface area contributed by atoms with Gasteiger partial charge in [0.2, 0.25) is 6.79 Å². The lowest BCUT2D eigenvalue weighted by atomic mass is 10.1. The summed E-state index contributed by atoms with van der Waals surface area (Å²) >= 11 is 0. The Bertz CT molecular complexity index is 860. The molecule has 5 nitrogen and oxygen atoms in total. The molecule has 0 unspecified atom stereocenters. The van der Waals surface area contributed by atoms with Crippen LogP contribution in [0.4, 0.5) is 0 Å². The predicted octanol–water partition coefficient (Wildman–Crippen LogP) is 2.17. The molecule has 6 heteroatoms. The summed E-state index contributed by atoms with van der Waals surface area (Å²) in [6.45, 7) is 0.159. The van der Waals surface area contributed by atoms with Gasteiger partial charge in [-0.05, 0) is 29.8 Å². The molecule has 2 aliphatic rings. The summed E-state index contributed by atoms with van der Waals surface area (Å²) in [6.07, 6.45) is 0.737.